The molecular formula is C25H31FN2O5. The number of ether oxygens (including phenoxy) is 3. The van der Waals surface area contributed by atoms with Crippen molar-refractivity contribution in [3.8, 4) is 11.5 Å². The van der Waals surface area contributed by atoms with Crippen LogP contribution in [0.5, 0.6) is 11.5 Å². The highest BCUT2D eigenvalue weighted by Crippen LogP contribution is 2.33. The third kappa shape index (κ3) is 6.66. The minimum atomic E-state index is -0.666. The molecule has 33 heavy (non-hydrogen) atoms. The van der Waals surface area contributed by atoms with Crippen molar-refractivity contribution in [2.24, 2.45) is 5.16 Å². The molecule has 0 amide bonds. The van der Waals surface area contributed by atoms with Gasteiger partial charge < -0.3 is 24.2 Å². The monoisotopic (exact) mass is 458 g/mol. The maximum absolute atomic E-state index is 13.3. The zero-order valence-corrected chi connectivity index (χ0v) is 19.3. The largest absolute Gasteiger partial charge is 0.454 e. The summed E-state index contributed by atoms with van der Waals surface area (Å²) in [7, 11) is 0. The van der Waals surface area contributed by atoms with Gasteiger partial charge in [-0.25, -0.2) is 4.39 Å². The molecule has 2 atom stereocenters. The van der Waals surface area contributed by atoms with Gasteiger partial charge in [0, 0.05) is 31.6 Å². The summed E-state index contributed by atoms with van der Waals surface area (Å²) < 4.78 is 29.9. The summed E-state index contributed by atoms with van der Waals surface area (Å²) >= 11 is 0. The Labute approximate surface area is 193 Å². The Hall–Kier alpha value is -2.68. The number of benzene rings is 2. The highest BCUT2D eigenvalue weighted by atomic mass is 19.1. The van der Waals surface area contributed by atoms with E-state index in [1.54, 1.807) is 12.1 Å². The number of nitrogens with zero attached hydrogens (tertiary/aromatic N) is 2. The summed E-state index contributed by atoms with van der Waals surface area (Å²) in [5.41, 5.74) is 2.40. The quantitative estimate of drug-likeness (QED) is 0.618. The number of hydrogen-bond acceptors (Lipinski definition) is 7. The minimum Gasteiger partial charge on any atom is -0.454 e. The fourth-order valence-electron chi connectivity index (χ4n) is 3.81. The lowest BCUT2D eigenvalue weighted by atomic mass is 10.0. The lowest BCUT2D eigenvalue weighted by Gasteiger charge is -2.28. The van der Waals surface area contributed by atoms with Gasteiger partial charge in [0.25, 0.3) is 0 Å². The van der Waals surface area contributed by atoms with E-state index in [1.165, 1.54) is 12.1 Å². The van der Waals surface area contributed by atoms with Crippen molar-refractivity contribution in [2.45, 2.75) is 51.5 Å². The molecule has 2 aliphatic heterocycles. The van der Waals surface area contributed by atoms with Crippen LogP contribution in [0, 0.1) is 5.82 Å². The molecule has 0 radical (unpaired) electrons. The molecule has 0 saturated carbocycles. The molecule has 4 rings (SSSR count). The number of rotatable bonds is 9. The zero-order valence-electron chi connectivity index (χ0n) is 19.3. The smallest absolute Gasteiger partial charge is 0.231 e. The van der Waals surface area contributed by atoms with Gasteiger partial charge in [0.15, 0.2) is 11.5 Å². The SMILES string of the molecule is CC(C)(C)OC[C@H](O)CN(Cc1ccc(F)cc1)C[C@H]1CC(c2ccc3c(c2)OCO3)=NO1. The fraction of sp³-hybridized carbons (Fsp3) is 0.480. The zero-order chi connectivity index (χ0) is 23.4. The molecule has 0 spiro atoms. The summed E-state index contributed by atoms with van der Waals surface area (Å²) in [6.07, 6.45) is -0.198. The second kappa shape index (κ2) is 10.1. The van der Waals surface area contributed by atoms with Crippen LogP contribution in [0.2, 0.25) is 0 Å². The Morgan fingerprint density at radius 2 is 1.91 bits per heavy atom. The number of halogens is 1. The molecule has 0 aliphatic carbocycles. The summed E-state index contributed by atoms with van der Waals surface area (Å²) in [6, 6.07) is 12.1. The molecule has 2 aromatic rings. The van der Waals surface area contributed by atoms with Crippen molar-refractivity contribution in [3.05, 3.63) is 59.4 Å². The van der Waals surface area contributed by atoms with E-state index < -0.39 is 6.10 Å². The summed E-state index contributed by atoms with van der Waals surface area (Å²) in [5, 5.41) is 14.9. The summed E-state index contributed by atoms with van der Waals surface area (Å²) in [5.74, 6) is 1.16. The standard InChI is InChI=1S/C25H31FN2O5/c1-25(2,3)32-15-20(29)13-28(12-17-4-7-19(26)8-5-17)14-21-11-22(27-33-21)18-6-9-23-24(10-18)31-16-30-23/h4-10,20-21,29H,11-16H2,1-3H3/t20-,21-/m1/s1. The van der Waals surface area contributed by atoms with Crippen LogP contribution in [-0.2, 0) is 16.1 Å². The maximum Gasteiger partial charge on any atom is 0.231 e. The first-order valence-electron chi connectivity index (χ1n) is 11.2. The highest BCUT2D eigenvalue weighted by molar-refractivity contribution is 6.01. The van der Waals surface area contributed by atoms with Crippen LogP contribution in [0.25, 0.3) is 0 Å². The molecule has 7 nitrogen and oxygen atoms in total. The first kappa shape index (κ1) is 23.5. The van der Waals surface area contributed by atoms with Crippen LogP contribution in [0.1, 0.15) is 38.3 Å². The minimum absolute atomic E-state index is 0.165. The predicted molar refractivity (Wildman–Crippen MR) is 122 cm³/mol. The second-order valence-electron chi connectivity index (χ2n) is 9.44. The molecule has 2 aromatic carbocycles. The first-order valence-corrected chi connectivity index (χ1v) is 11.2. The summed E-state index contributed by atoms with van der Waals surface area (Å²) in [6.45, 7) is 7.82. The van der Waals surface area contributed by atoms with Gasteiger partial charge in [-0.3, -0.25) is 4.90 Å². The average molecular weight is 459 g/mol. The summed E-state index contributed by atoms with van der Waals surface area (Å²) in [4.78, 5) is 7.81. The predicted octanol–water partition coefficient (Wildman–Crippen LogP) is 3.73. The lowest BCUT2D eigenvalue weighted by molar-refractivity contribution is -0.0600. The van der Waals surface area contributed by atoms with Crippen LogP contribution in [0.15, 0.2) is 47.6 Å². The number of aliphatic hydroxyl groups excluding tert-OH is 1. The van der Waals surface area contributed by atoms with Gasteiger partial charge in [0.05, 0.1) is 24.0 Å². The number of hydrogen-bond donors (Lipinski definition) is 1. The van der Waals surface area contributed by atoms with Gasteiger partial charge in [-0.05, 0) is 56.7 Å². The second-order valence-corrected chi connectivity index (χ2v) is 9.44. The fourth-order valence-corrected chi connectivity index (χ4v) is 3.81. The maximum atomic E-state index is 13.3. The normalized spacial score (nSPS) is 18.4. The highest BCUT2D eigenvalue weighted by Gasteiger charge is 2.27. The first-order chi connectivity index (χ1) is 15.7. The van der Waals surface area contributed by atoms with Gasteiger partial charge in [-0.1, -0.05) is 17.3 Å². The van der Waals surface area contributed by atoms with Crippen molar-refractivity contribution in [1.82, 2.24) is 4.90 Å². The van der Waals surface area contributed by atoms with Crippen LogP contribution in [0.4, 0.5) is 4.39 Å². The van der Waals surface area contributed by atoms with Crippen LogP contribution in [-0.4, -0.2) is 60.0 Å². The van der Waals surface area contributed by atoms with E-state index in [-0.39, 0.29) is 30.9 Å². The van der Waals surface area contributed by atoms with Gasteiger partial charge in [-0.2, -0.15) is 0 Å². The van der Waals surface area contributed by atoms with Crippen molar-refractivity contribution >= 4 is 5.71 Å². The Morgan fingerprint density at radius 3 is 2.67 bits per heavy atom. The Balaban J connectivity index is 1.38. The van der Waals surface area contributed by atoms with E-state index in [2.05, 4.69) is 10.1 Å². The van der Waals surface area contributed by atoms with Gasteiger partial charge >= 0.3 is 0 Å². The van der Waals surface area contributed by atoms with Crippen LogP contribution in [0.3, 0.4) is 0 Å². The molecule has 0 bridgehead atoms. The number of fused-ring (bicyclic) bond motifs is 1. The van der Waals surface area contributed by atoms with E-state index in [9.17, 15) is 9.50 Å². The Morgan fingerprint density at radius 1 is 1.15 bits per heavy atom. The van der Waals surface area contributed by atoms with E-state index in [1.807, 2.05) is 39.0 Å². The molecule has 2 heterocycles. The van der Waals surface area contributed by atoms with E-state index >= 15 is 0 Å². The van der Waals surface area contributed by atoms with Crippen molar-refractivity contribution in [3.63, 3.8) is 0 Å². The van der Waals surface area contributed by atoms with Gasteiger partial charge in [0.2, 0.25) is 6.79 Å². The molecule has 0 fully saturated rings. The van der Waals surface area contributed by atoms with E-state index in [4.69, 9.17) is 19.0 Å². The number of aliphatic hydroxyl groups is 1. The molecule has 0 unspecified atom stereocenters. The molecule has 178 valence electrons. The third-order valence-electron chi connectivity index (χ3n) is 5.40. The Bertz CT molecular complexity index is 974. The van der Waals surface area contributed by atoms with Gasteiger partial charge in [0.1, 0.15) is 11.9 Å². The van der Waals surface area contributed by atoms with Crippen LogP contribution < -0.4 is 9.47 Å². The van der Waals surface area contributed by atoms with E-state index in [0.717, 1.165) is 22.6 Å². The molecular weight excluding hydrogens is 427 g/mol. The molecule has 0 aromatic heterocycles. The van der Waals surface area contributed by atoms with Crippen molar-refractivity contribution in [2.75, 3.05) is 26.5 Å². The third-order valence-corrected chi connectivity index (χ3v) is 5.40. The topological polar surface area (TPSA) is 72.8 Å². The molecule has 0 saturated heterocycles. The van der Waals surface area contributed by atoms with E-state index in [0.29, 0.717) is 31.8 Å². The Kier molecular flexibility index (Phi) is 7.17. The molecule has 2 aliphatic rings. The van der Waals surface area contributed by atoms with Gasteiger partial charge in [-0.15, -0.1) is 0 Å². The average Bonchev–Trinajstić information content (AvgIpc) is 3.42. The number of oxime groups is 1. The molecule has 1 N–H and O–H groups in total. The van der Waals surface area contributed by atoms with Crippen molar-refractivity contribution in [1.29, 1.82) is 0 Å². The lowest BCUT2D eigenvalue weighted by Crippen LogP contribution is -2.40. The van der Waals surface area contributed by atoms with Crippen LogP contribution >= 0.6 is 0 Å². The van der Waals surface area contributed by atoms with Crippen molar-refractivity contribution < 1.29 is 28.5 Å². The molecule has 8 heteroatoms.